The minimum absolute atomic E-state index is 0.0130. The molecule has 116 valence electrons. The van der Waals surface area contributed by atoms with Crippen LogP contribution in [0.1, 0.15) is 32.0 Å². The Hall–Kier alpha value is -2.11. The number of aliphatic imine (C=N–C) groups is 1. The predicted octanol–water partition coefficient (Wildman–Crippen LogP) is 1.20. The second-order valence-electron chi connectivity index (χ2n) is 5.36. The van der Waals surface area contributed by atoms with Crippen molar-refractivity contribution in [1.82, 2.24) is 14.7 Å². The van der Waals surface area contributed by atoms with E-state index in [9.17, 15) is 4.79 Å². The molecule has 1 aromatic heterocycles. The third kappa shape index (κ3) is 5.06. The number of carbonyl (C=O) groups is 1. The zero-order chi connectivity index (χ0) is 16.0. The van der Waals surface area contributed by atoms with Gasteiger partial charge in [0.15, 0.2) is 0 Å². The predicted molar refractivity (Wildman–Crippen MR) is 85.3 cm³/mol. The lowest BCUT2D eigenvalue weighted by Gasteiger charge is -2.09. The molecule has 1 rings (SSSR count). The van der Waals surface area contributed by atoms with Crippen LogP contribution in [0.4, 0.5) is 0 Å². The molecule has 0 fully saturated rings. The second-order valence-corrected chi connectivity index (χ2v) is 5.36. The lowest BCUT2D eigenvalue weighted by atomic mass is 10.1. The van der Waals surface area contributed by atoms with Crippen LogP contribution >= 0.6 is 0 Å². The Bertz CT molecular complexity index is 540. The van der Waals surface area contributed by atoms with Crippen molar-refractivity contribution in [3.8, 4) is 0 Å². The van der Waals surface area contributed by atoms with Crippen LogP contribution in [0.15, 0.2) is 23.3 Å². The van der Waals surface area contributed by atoms with Crippen molar-refractivity contribution in [2.75, 3.05) is 14.1 Å². The summed E-state index contributed by atoms with van der Waals surface area (Å²) in [6.07, 6.45) is 6.43. The third-order valence-corrected chi connectivity index (χ3v) is 2.85. The molecule has 0 saturated carbocycles. The monoisotopic (exact) mass is 291 g/mol. The summed E-state index contributed by atoms with van der Waals surface area (Å²) in [4.78, 5) is 17.7. The fraction of sp³-hybridized carbons (Fsp3) is 0.533. The Morgan fingerprint density at radius 2 is 2.19 bits per heavy atom. The first-order chi connectivity index (χ1) is 9.85. The molecule has 6 nitrogen and oxygen atoms in total. The van der Waals surface area contributed by atoms with E-state index < -0.39 is 0 Å². The third-order valence-electron chi connectivity index (χ3n) is 2.85. The first kappa shape index (κ1) is 16.9. The van der Waals surface area contributed by atoms with Gasteiger partial charge in [0.05, 0.1) is 11.3 Å². The Morgan fingerprint density at radius 3 is 2.71 bits per heavy atom. The van der Waals surface area contributed by atoms with Crippen LogP contribution in [-0.2, 0) is 17.8 Å². The number of hydrogen-bond donors (Lipinski definition) is 1. The largest absolute Gasteiger partial charge is 0.383 e. The van der Waals surface area contributed by atoms with Crippen molar-refractivity contribution < 1.29 is 4.79 Å². The molecular formula is C15H25N5O. The Balaban J connectivity index is 3.09. The highest BCUT2D eigenvalue weighted by atomic mass is 16.2. The van der Waals surface area contributed by atoms with Crippen molar-refractivity contribution in [2.24, 2.45) is 10.7 Å². The first-order valence-corrected chi connectivity index (χ1v) is 7.06. The fourth-order valence-electron chi connectivity index (χ4n) is 1.76. The number of carbonyl (C=O) groups excluding carboxylic acids is 1. The Labute approximate surface area is 126 Å². The van der Waals surface area contributed by atoms with Crippen LogP contribution in [-0.4, -0.2) is 46.6 Å². The molecule has 21 heavy (non-hydrogen) atoms. The van der Waals surface area contributed by atoms with Gasteiger partial charge in [0.25, 0.3) is 0 Å². The zero-order valence-electron chi connectivity index (χ0n) is 13.5. The summed E-state index contributed by atoms with van der Waals surface area (Å²) in [5.41, 5.74) is 7.68. The van der Waals surface area contributed by atoms with Gasteiger partial charge in [-0.3, -0.25) is 14.5 Å². The highest BCUT2D eigenvalue weighted by Gasteiger charge is 2.14. The van der Waals surface area contributed by atoms with Gasteiger partial charge in [0.2, 0.25) is 5.91 Å². The number of hydrogen-bond acceptors (Lipinski definition) is 3. The van der Waals surface area contributed by atoms with Gasteiger partial charge in [-0.05, 0) is 20.8 Å². The van der Waals surface area contributed by atoms with E-state index in [-0.39, 0.29) is 18.5 Å². The van der Waals surface area contributed by atoms with Crippen molar-refractivity contribution in [1.29, 1.82) is 0 Å². The first-order valence-electron chi connectivity index (χ1n) is 7.06. The van der Waals surface area contributed by atoms with Crippen LogP contribution in [0.2, 0.25) is 0 Å². The van der Waals surface area contributed by atoms with Crippen molar-refractivity contribution in [3.63, 3.8) is 0 Å². The van der Waals surface area contributed by atoms with E-state index in [2.05, 4.69) is 10.1 Å². The average Bonchev–Trinajstić information content (AvgIpc) is 2.78. The molecule has 0 unspecified atom stereocenters. The Morgan fingerprint density at radius 1 is 1.52 bits per heavy atom. The molecule has 0 bridgehead atoms. The topological polar surface area (TPSA) is 76.5 Å². The number of aromatic nitrogens is 2. The maximum Gasteiger partial charge on any atom is 0.243 e. The maximum atomic E-state index is 11.8. The molecule has 0 aromatic carbocycles. The molecule has 1 aromatic rings. The Kier molecular flexibility index (Phi) is 6.14. The van der Waals surface area contributed by atoms with E-state index >= 15 is 0 Å². The van der Waals surface area contributed by atoms with Gasteiger partial charge in [-0.2, -0.15) is 5.10 Å². The molecular weight excluding hydrogens is 266 g/mol. The summed E-state index contributed by atoms with van der Waals surface area (Å²) in [5, 5.41) is 4.46. The molecule has 0 aliphatic carbocycles. The van der Waals surface area contributed by atoms with Crippen molar-refractivity contribution in [2.45, 2.75) is 39.8 Å². The van der Waals surface area contributed by atoms with Crippen molar-refractivity contribution in [3.05, 3.63) is 29.6 Å². The number of amidine groups is 1. The maximum absolute atomic E-state index is 11.8. The minimum Gasteiger partial charge on any atom is -0.383 e. The molecule has 0 saturated heterocycles. The van der Waals surface area contributed by atoms with Crippen LogP contribution in [0.5, 0.6) is 0 Å². The average molecular weight is 291 g/mol. The lowest BCUT2D eigenvalue weighted by Crippen LogP contribution is -2.26. The molecule has 2 N–H and O–H groups in total. The second kappa shape index (κ2) is 7.61. The summed E-state index contributed by atoms with van der Waals surface area (Å²) in [6.45, 7) is 6.10. The lowest BCUT2D eigenvalue weighted by molar-refractivity contribution is -0.129. The number of nitrogens with zero attached hydrogens (tertiary/aromatic N) is 4. The van der Waals surface area contributed by atoms with Gasteiger partial charge in [-0.25, -0.2) is 0 Å². The zero-order valence-corrected chi connectivity index (χ0v) is 13.5. The van der Waals surface area contributed by atoms with Gasteiger partial charge < -0.3 is 10.6 Å². The molecule has 1 heterocycles. The summed E-state index contributed by atoms with van der Waals surface area (Å²) in [5.74, 6) is 0.453. The summed E-state index contributed by atoms with van der Waals surface area (Å²) >= 11 is 0. The highest BCUT2D eigenvalue weighted by molar-refractivity contribution is 5.98. The van der Waals surface area contributed by atoms with E-state index in [0.717, 1.165) is 11.3 Å². The van der Waals surface area contributed by atoms with Gasteiger partial charge in [-0.15, -0.1) is 0 Å². The highest BCUT2D eigenvalue weighted by Crippen LogP contribution is 2.10. The molecule has 1 amide bonds. The van der Waals surface area contributed by atoms with Crippen LogP contribution in [0.3, 0.4) is 0 Å². The van der Waals surface area contributed by atoms with E-state index in [4.69, 9.17) is 5.73 Å². The molecule has 0 atom stereocenters. The molecule has 0 aliphatic rings. The van der Waals surface area contributed by atoms with Crippen molar-refractivity contribution >= 4 is 11.7 Å². The number of nitrogens with two attached hydrogens (primary N) is 1. The van der Waals surface area contributed by atoms with Crippen LogP contribution in [0.25, 0.3) is 0 Å². The molecule has 0 radical (unpaired) electrons. The SMILES string of the molecule is C/C=C\Cc1nn(CC(=O)N(C)C)cc1/C(N)=N\C(C)C. The summed E-state index contributed by atoms with van der Waals surface area (Å²) in [7, 11) is 3.45. The van der Waals surface area contributed by atoms with Gasteiger partial charge >= 0.3 is 0 Å². The smallest absolute Gasteiger partial charge is 0.243 e. The standard InChI is InChI=1S/C15H25N5O/c1-6-7-8-13-12(15(16)17-11(2)3)9-20(18-13)10-14(21)19(4)5/h6-7,9,11H,8,10H2,1-5H3,(H2,16,17)/b7-6-. The van der Waals surface area contributed by atoms with E-state index in [1.54, 1.807) is 29.9 Å². The normalized spacial score (nSPS) is 12.4. The van der Waals surface area contributed by atoms with E-state index in [1.807, 2.05) is 32.9 Å². The van der Waals surface area contributed by atoms with E-state index in [0.29, 0.717) is 12.3 Å². The quantitative estimate of drug-likeness (QED) is 0.486. The van der Waals surface area contributed by atoms with Crippen LogP contribution in [0, 0.1) is 0 Å². The van der Waals surface area contributed by atoms with Crippen LogP contribution < -0.4 is 5.73 Å². The van der Waals surface area contributed by atoms with Gasteiger partial charge in [-0.1, -0.05) is 12.2 Å². The summed E-state index contributed by atoms with van der Waals surface area (Å²) < 4.78 is 1.62. The molecule has 6 heteroatoms. The minimum atomic E-state index is -0.0130. The van der Waals surface area contributed by atoms with E-state index in [1.165, 1.54) is 0 Å². The van der Waals surface area contributed by atoms with Gasteiger partial charge in [0.1, 0.15) is 12.4 Å². The number of likely N-dealkylation sites (N-methyl/N-ethyl adjacent to an activating group) is 1. The fourth-order valence-corrected chi connectivity index (χ4v) is 1.76. The molecule has 0 aliphatic heterocycles. The summed E-state index contributed by atoms with van der Waals surface area (Å²) in [6, 6.07) is 0.117. The number of allylic oxidation sites excluding steroid dienone is 2. The number of amides is 1. The van der Waals surface area contributed by atoms with Gasteiger partial charge in [0, 0.05) is 32.8 Å². The number of rotatable bonds is 6. The molecule has 0 spiro atoms.